The molecule has 2 aromatic heterocycles. The molecule has 9 nitrogen and oxygen atoms in total. The lowest BCUT2D eigenvalue weighted by Gasteiger charge is -2.44. The van der Waals surface area contributed by atoms with E-state index in [-0.39, 0.29) is 22.4 Å². The Kier molecular flexibility index (Phi) is 5.70. The number of nitriles is 1. The van der Waals surface area contributed by atoms with Crippen LogP contribution in [0.1, 0.15) is 57.0 Å². The van der Waals surface area contributed by atoms with E-state index >= 15 is 0 Å². The first-order valence-electron chi connectivity index (χ1n) is 12.6. The zero-order valence-corrected chi connectivity index (χ0v) is 22.1. The average molecular weight is 517 g/mol. The maximum atomic E-state index is 12.7. The van der Waals surface area contributed by atoms with Crippen LogP contribution in [0, 0.1) is 11.3 Å². The monoisotopic (exact) mass is 516 g/mol. The molecule has 0 N–H and O–H groups in total. The van der Waals surface area contributed by atoms with E-state index in [1.807, 2.05) is 0 Å². The normalized spacial score (nSPS) is 20.7. The highest BCUT2D eigenvalue weighted by atomic mass is 35.5. The second kappa shape index (κ2) is 8.82. The third kappa shape index (κ3) is 3.70. The molecule has 10 heteroatoms. The zero-order valence-electron chi connectivity index (χ0n) is 21.3. The van der Waals surface area contributed by atoms with Gasteiger partial charge in [0.25, 0.3) is 5.91 Å². The van der Waals surface area contributed by atoms with Gasteiger partial charge < -0.3 is 9.80 Å². The Labute approximate surface area is 221 Å². The van der Waals surface area contributed by atoms with E-state index in [1.165, 1.54) is 16.0 Å². The van der Waals surface area contributed by atoms with Gasteiger partial charge in [-0.25, -0.2) is 9.97 Å². The number of carbonyl (C=O) groups is 1. The van der Waals surface area contributed by atoms with Gasteiger partial charge in [0, 0.05) is 45.7 Å². The molecule has 0 bridgehead atoms. The number of hydrogen-bond acceptors (Lipinski definition) is 7. The van der Waals surface area contributed by atoms with Crippen molar-refractivity contribution in [3.05, 3.63) is 68.9 Å². The van der Waals surface area contributed by atoms with Crippen molar-refractivity contribution >= 4 is 23.3 Å². The number of hydrogen-bond donors (Lipinski definition) is 0. The van der Waals surface area contributed by atoms with E-state index in [1.54, 1.807) is 18.8 Å². The number of nitrogens with zero attached hydrogens (tertiary/aromatic N) is 8. The van der Waals surface area contributed by atoms with E-state index < -0.39 is 0 Å². The number of likely N-dealkylation sites (N-methyl/N-ethyl adjacent to an activating group) is 1. The molecule has 3 aromatic rings. The summed E-state index contributed by atoms with van der Waals surface area (Å²) in [5.41, 5.74) is 6.04. The molecule has 1 spiro atoms. The minimum atomic E-state index is -0.269. The number of aromatic nitrogens is 4. The SMILES string of the molecule is CN(C)C(=O)c1nn2c(c1C#N)CN(c1nc(Cl)nc3c1CN(C)[C@@]1(CCc4ccccc41)C3)CCC2. The van der Waals surface area contributed by atoms with Crippen molar-refractivity contribution < 1.29 is 4.79 Å². The average Bonchev–Trinajstić information content (AvgIpc) is 3.34. The molecule has 0 saturated carbocycles. The number of anilines is 1. The maximum Gasteiger partial charge on any atom is 0.275 e. The van der Waals surface area contributed by atoms with Crippen LogP contribution in [-0.2, 0) is 38.0 Å². The summed E-state index contributed by atoms with van der Waals surface area (Å²) < 4.78 is 1.81. The van der Waals surface area contributed by atoms with E-state index in [0.29, 0.717) is 25.2 Å². The van der Waals surface area contributed by atoms with Gasteiger partial charge in [-0.05, 0) is 49.0 Å². The summed E-state index contributed by atoms with van der Waals surface area (Å²) in [6.45, 7) is 2.50. The van der Waals surface area contributed by atoms with E-state index in [0.717, 1.165) is 55.0 Å². The van der Waals surface area contributed by atoms with Gasteiger partial charge in [0.05, 0.1) is 23.5 Å². The van der Waals surface area contributed by atoms with Crippen LogP contribution in [0.2, 0.25) is 5.28 Å². The number of halogens is 1. The number of benzene rings is 1. The first-order valence-corrected chi connectivity index (χ1v) is 13.0. The van der Waals surface area contributed by atoms with Crippen LogP contribution in [0.25, 0.3) is 0 Å². The Balaban J connectivity index is 1.40. The largest absolute Gasteiger partial charge is 0.350 e. The van der Waals surface area contributed by atoms with Crippen LogP contribution < -0.4 is 4.90 Å². The van der Waals surface area contributed by atoms with Crippen LogP contribution >= 0.6 is 11.6 Å². The van der Waals surface area contributed by atoms with Crippen LogP contribution in [0.15, 0.2) is 24.3 Å². The third-order valence-corrected chi connectivity index (χ3v) is 8.34. The van der Waals surface area contributed by atoms with Crippen molar-refractivity contribution in [2.45, 2.75) is 50.9 Å². The van der Waals surface area contributed by atoms with E-state index in [4.69, 9.17) is 21.6 Å². The molecule has 2 aliphatic heterocycles. The maximum absolute atomic E-state index is 12.7. The van der Waals surface area contributed by atoms with Crippen molar-refractivity contribution in [2.75, 3.05) is 32.6 Å². The minimum Gasteiger partial charge on any atom is -0.350 e. The Bertz CT molecular complexity index is 1460. The standard InChI is InChI=1S/C27H29ClN8O/c1-33(2)25(37)23-18(14-29)22-16-35(11-6-12-36(22)32-23)24-19-15-34(3)27(13-21(19)30-26(28)31-24)10-9-17-7-4-5-8-20(17)27/h4-5,7-8H,6,9-13,15-16H2,1-3H3/t27-/m0/s1. The Morgan fingerprint density at radius 3 is 2.78 bits per heavy atom. The fourth-order valence-corrected chi connectivity index (χ4v) is 6.46. The minimum absolute atomic E-state index is 0.0919. The molecule has 1 amide bonds. The fraction of sp³-hybridized carbons (Fsp3) is 0.444. The number of fused-ring (bicyclic) bond motifs is 4. The van der Waals surface area contributed by atoms with E-state index in [2.05, 4.69) is 52.3 Å². The Hall–Kier alpha value is -3.48. The highest BCUT2D eigenvalue weighted by molar-refractivity contribution is 6.28. The number of carbonyl (C=O) groups excluding carboxylic acids is 1. The van der Waals surface area contributed by atoms with Gasteiger partial charge >= 0.3 is 0 Å². The molecular weight excluding hydrogens is 488 g/mol. The van der Waals surface area contributed by atoms with Crippen LogP contribution in [-0.4, -0.2) is 63.1 Å². The van der Waals surface area contributed by atoms with Crippen molar-refractivity contribution in [3.8, 4) is 6.07 Å². The molecular formula is C27H29ClN8O. The molecule has 1 aromatic carbocycles. The summed E-state index contributed by atoms with van der Waals surface area (Å²) in [4.78, 5) is 28.2. The Morgan fingerprint density at radius 2 is 2.00 bits per heavy atom. The number of amides is 1. The van der Waals surface area contributed by atoms with Crippen molar-refractivity contribution in [1.29, 1.82) is 5.26 Å². The molecule has 1 aliphatic carbocycles. The summed E-state index contributed by atoms with van der Waals surface area (Å²) in [5, 5.41) is 14.7. The van der Waals surface area contributed by atoms with Gasteiger partial charge in [0.15, 0.2) is 5.69 Å². The predicted octanol–water partition coefficient (Wildman–Crippen LogP) is 3.14. The molecule has 3 aliphatic rings. The molecule has 190 valence electrons. The third-order valence-electron chi connectivity index (χ3n) is 8.17. The van der Waals surface area contributed by atoms with Crippen LogP contribution in [0.5, 0.6) is 0 Å². The molecule has 37 heavy (non-hydrogen) atoms. The van der Waals surface area contributed by atoms with Gasteiger partial charge in [0.1, 0.15) is 17.5 Å². The van der Waals surface area contributed by atoms with Crippen molar-refractivity contribution in [1.82, 2.24) is 29.5 Å². The summed E-state index contributed by atoms with van der Waals surface area (Å²) in [7, 11) is 5.52. The smallest absolute Gasteiger partial charge is 0.275 e. The molecule has 0 unspecified atom stereocenters. The zero-order chi connectivity index (χ0) is 25.9. The van der Waals surface area contributed by atoms with Crippen LogP contribution in [0.4, 0.5) is 5.82 Å². The topological polar surface area (TPSA) is 94.2 Å². The van der Waals surface area contributed by atoms with Gasteiger partial charge in [-0.1, -0.05) is 24.3 Å². The first kappa shape index (κ1) is 23.9. The molecule has 0 fully saturated rings. The highest BCUT2D eigenvalue weighted by Gasteiger charge is 2.46. The van der Waals surface area contributed by atoms with E-state index in [9.17, 15) is 10.1 Å². The predicted molar refractivity (Wildman–Crippen MR) is 139 cm³/mol. The highest BCUT2D eigenvalue weighted by Crippen LogP contribution is 2.48. The summed E-state index contributed by atoms with van der Waals surface area (Å²) in [5.74, 6) is 0.539. The fourth-order valence-electron chi connectivity index (χ4n) is 6.28. The molecule has 4 heterocycles. The Morgan fingerprint density at radius 1 is 1.19 bits per heavy atom. The lowest BCUT2D eigenvalue weighted by Crippen LogP contribution is -2.47. The van der Waals surface area contributed by atoms with Crippen molar-refractivity contribution in [2.24, 2.45) is 0 Å². The first-order chi connectivity index (χ1) is 17.8. The molecule has 1 atom stereocenters. The molecule has 0 saturated heterocycles. The number of aryl methyl sites for hydroxylation is 2. The lowest BCUT2D eigenvalue weighted by atomic mass is 9.81. The number of rotatable bonds is 2. The lowest BCUT2D eigenvalue weighted by molar-refractivity contribution is 0.0820. The summed E-state index contributed by atoms with van der Waals surface area (Å²) in [6, 6.07) is 11.0. The van der Waals surface area contributed by atoms with Gasteiger partial charge in [0.2, 0.25) is 5.28 Å². The second-order valence-electron chi connectivity index (χ2n) is 10.4. The second-order valence-corrected chi connectivity index (χ2v) is 10.8. The van der Waals surface area contributed by atoms with Crippen LogP contribution in [0.3, 0.4) is 0 Å². The summed E-state index contributed by atoms with van der Waals surface area (Å²) in [6.07, 6.45) is 3.69. The molecule has 0 radical (unpaired) electrons. The summed E-state index contributed by atoms with van der Waals surface area (Å²) >= 11 is 6.53. The van der Waals surface area contributed by atoms with Gasteiger partial charge in [-0.2, -0.15) is 10.4 Å². The van der Waals surface area contributed by atoms with Gasteiger partial charge in [-0.15, -0.1) is 0 Å². The quantitative estimate of drug-likeness (QED) is 0.483. The van der Waals surface area contributed by atoms with Crippen molar-refractivity contribution in [3.63, 3.8) is 0 Å². The van der Waals surface area contributed by atoms with Gasteiger partial charge in [-0.3, -0.25) is 14.4 Å². The molecule has 6 rings (SSSR count).